The molecule has 1 fully saturated rings. The second-order valence-electron chi connectivity index (χ2n) is 3.31. The molecule has 72 valence electrons. The Kier molecular flexibility index (Phi) is 2.31. The minimum absolute atomic E-state index is 0.110. The monoisotopic (exact) mass is 190 g/mol. The van der Waals surface area contributed by atoms with Crippen molar-refractivity contribution in [2.24, 2.45) is 5.92 Å². The van der Waals surface area contributed by atoms with Crippen molar-refractivity contribution >= 4 is 12.3 Å². The SMILES string of the molecule is O=C[C@@H]1C(=O)OC[C@@H]1c1ccccc1. The molecule has 2 rings (SSSR count). The number of ether oxygens (including phenoxy) is 1. The zero-order chi connectivity index (χ0) is 9.97. The van der Waals surface area contributed by atoms with Crippen LogP contribution in [0.15, 0.2) is 30.3 Å². The molecule has 1 aromatic carbocycles. The number of hydrogen-bond acceptors (Lipinski definition) is 3. The lowest BCUT2D eigenvalue weighted by Gasteiger charge is -2.09. The number of esters is 1. The fraction of sp³-hybridized carbons (Fsp3) is 0.273. The summed E-state index contributed by atoms with van der Waals surface area (Å²) in [6.07, 6.45) is 0.674. The molecule has 3 heteroatoms. The van der Waals surface area contributed by atoms with E-state index in [1.807, 2.05) is 30.3 Å². The van der Waals surface area contributed by atoms with E-state index in [1.165, 1.54) is 0 Å². The maximum Gasteiger partial charge on any atom is 0.316 e. The molecule has 1 aliphatic rings. The Hall–Kier alpha value is -1.64. The molecule has 0 aromatic heterocycles. The second-order valence-corrected chi connectivity index (χ2v) is 3.31. The number of cyclic esters (lactones) is 1. The van der Waals surface area contributed by atoms with Crippen molar-refractivity contribution < 1.29 is 14.3 Å². The van der Waals surface area contributed by atoms with Crippen molar-refractivity contribution in [2.75, 3.05) is 6.61 Å². The lowest BCUT2D eigenvalue weighted by Crippen LogP contribution is -2.15. The minimum atomic E-state index is -0.627. The van der Waals surface area contributed by atoms with Crippen molar-refractivity contribution in [1.82, 2.24) is 0 Å². The van der Waals surface area contributed by atoms with Crippen LogP contribution in [0.3, 0.4) is 0 Å². The average Bonchev–Trinajstić information content (AvgIpc) is 2.61. The van der Waals surface area contributed by atoms with E-state index in [2.05, 4.69) is 0 Å². The number of benzene rings is 1. The van der Waals surface area contributed by atoms with Crippen molar-refractivity contribution in [1.29, 1.82) is 0 Å². The van der Waals surface area contributed by atoms with Crippen LogP contribution >= 0.6 is 0 Å². The minimum Gasteiger partial charge on any atom is -0.464 e. The van der Waals surface area contributed by atoms with E-state index in [-0.39, 0.29) is 5.92 Å². The van der Waals surface area contributed by atoms with Crippen LogP contribution in [0.5, 0.6) is 0 Å². The van der Waals surface area contributed by atoms with Gasteiger partial charge in [0, 0.05) is 5.92 Å². The van der Waals surface area contributed by atoms with Gasteiger partial charge < -0.3 is 9.53 Å². The second kappa shape index (κ2) is 3.62. The molecule has 0 radical (unpaired) electrons. The van der Waals surface area contributed by atoms with Gasteiger partial charge in [-0.2, -0.15) is 0 Å². The van der Waals surface area contributed by atoms with E-state index in [0.29, 0.717) is 12.9 Å². The van der Waals surface area contributed by atoms with Crippen LogP contribution in [0.1, 0.15) is 11.5 Å². The Morgan fingerprint density at radius 1 is 1.29 bits per heavy atom. The van der Waals surface area contributed by atoms with Crippen LogP contribution < -0.4 is 0 Å². The van der Waals surface area contributed by atoms with Gasteiger partial charge in [0.25, 0.3) is 0 Å². The zero-order valence-electron chi connectivity index (χ0n) is 7.55. The Balaban J connectivity index is 2.27. The fourth-order valence-electron chi connectivity index (χ4n) is 1.69. The summed E-state index contributed by atoms with van der Waals surface area (Å²) >= 11 is 0. The van der Waals surface area contributed by atoms with E-state index in [4.69, 9.17) is 4.74 Å². The van der Waals surface area contributed by atoms with Crippen LogP contribution in [0.25, 0.3) is 0 Å². The van der Waals surface area contributed by atoms with Crippen molar-refractivity contribution in [2.45, 2.75) is 5.92 Å². The van der Waals surface area contributed by atoms with Gasteiger partial charge in [0.2, 0.25) is 0 Å². The summed E-state index contributed by atoms with van der Waals surface area (Å²) < 4.78 is 4.85. The molecule has 1 aliphatic heterocycles. The largest absolute Gasteiger partial charge is 0.464 e. The summed E-state index contributed by atoms with van der Waals surface area (Å²) in [5.41, 5.74) is 0.982. The third kappa shape index (κ3) is 1.41. The van der Waals surface area contributed by atoms with Gasteiger partial charge >= 0.3 is 5.97 Å². The summed E-state index contributed by atoms with van der Waals surface area (Å²) in [5.74, 6) is -1.15. The van der Waals surface area contributed by atoms with Crippen molar-refractivity contribution in [3.8, 4) is 0 Å². The van der Waals surface area contributed by atoms with Gasteiger partial charge in [-0.05, 0) is 5.56 Å². The molecule has 0 bridgehead atoms. The van der Waals surface area contributed by atoms with E-state index in [9.17, 15) is 9.59 Å². The highest BCUT2D eigenvalue weighted by molar-refractivity contribution is 5.90. The van der Waals surface area contributed by atoms with Gasteiger partial charge in [-0.1, -0.05) is 30.3 Å². The normalized spacial score (nSPS) is 25.9. The molecule has 0 aliphatic carbocycles. The maximum absolute atomic E-state index is 11.1. The number of hydrogen-bond donors (Lipinski definition) is 0. The van der Waals surface area contributed by atoms with Crippen LogP contribution in [0.2, 0.25) is 0 Å². The lowest BCUT2D eigenvalue weighted by molar-refractivity contribution is -0.142. The zero-order valence-corrected chi connectivity index (χ0v) is 7.55. The molecule has 1 heterocycles. The molecule has 2 atom stereocenters. The van der Waals surface area contributed by atoms with Crippen LogP contribution in [-0.2, 0) is 14.3 Å². The Morgan fingerprint density at radius 2 is 2.00 bits per heavy atom. The number of aldehydes is 1. The fourth-order valence-corrected chi connectivity index (χ4v) is 1.69. The first kappa shape index (κ1) is 8.94. The van der Waals surface area contributed by atoms with Crippen molar-refractivity contribution in [3.05, 3.63) is 35.9 Å². The lowest BCUT2D eigenvalue weighted by atomic mass is 9.90. The van der Waals surface area contributed by atoms with E-state index in [0.717, 1.165) is 5.56 Å². The topological polar surface area (TPSA) is 43.4 Å². The molecule has 1 aromatic rings. The van der Waals surface area contributed by atoms with Gasteiger partial charge in [0.1, 0.15) is 12.2 Å². The van der Waals surface area contributed by atoms with Crippen LogP contribution in [-0.4, -0.2) is 18.9 Å². The predicted octanol–water partition coefficient (Wildman–Crippen LogP) is 1.14. The van der Waals surface area contributed by atoms with Gasteiger partial charge in [-0.3, -0.25) is 4.79 Å². The number of carbonyl (C=O) groups is 2. The summed E-state index contributed by atoms with van der Waals surface area (Å²) in [5, 5.41) is 0. The number of carbonyl (C=O) groups excluding carboxylic acids is 2. The first-order valence-corrected chi connectivity index (χ1v) is 4.50. The summed E-state index contributed by atoms with van der Waals surface area (Å²) in [7, 11) is 0. The number of rotatable bonds is 2. The van der Waals surface area contributed by atoms with E-state index in [1.54, 1.807) is 0 Å². The summed E-state index contributed by atoms with van der Waals surface area (Å²) in [4.78, 5) is 21.8. The highest BCUT2D eigenvalue weighted by Gasteiger charge is 2.37. The molecule has 0 amide bonds. The maximum atomic E-state index is 11.1. The Labute approximate surface area is 81.7 Å². The summed E-state index contributed by atoms with van der Waals surface area (Å²) in [6, 6.07) is 9.49. The third-order valence-electron chi connectivity index (χ3n) is 2.49. The van der Waals surface area contributed by atoms with Gasteiger partial charge in [0.05, 0.1) is 6.61 Å². The molecule has 0 unspecified atom stereocenters. The molecule has 0 spiro atoms. The Bertz CT molecular complexity index is 345. The van der Waals surface area contributed by atoms with E-state index >= 15 is 0 Å². The highest BCUT2D eigenvalue weighted by atomic mass is 16.5. The van der Waals surface area contributed by atoms with Gasteiger partial charge in [-0.25, -0.2) is 0 Å². The predicted molar refractivity (Wildman–Crippen MR) is 49.7 cm³/mol. The Morgan fingerprint density at radius 3 is 2.64 bits per heavy atom. The molecule has 14 heavy (non-hydrogen) atoms. The molecular weight excluding hydrogens is 180 g/mol. The first-order chi connectivity index (χ1) is 6.83. The average molecular weight is 190 g/mol. The van der Waals surface area contributed by atoms with Crippen LogP contribution in [0.4, 0.5) is 0 Å². The molecular formula is C11H10O3. The van der Waals surface area contributed by atoms with Crippen LogP contribution in [0, 0.1) is 5.92 Å². The quantitative estimate of drug-likeness (QED) is 0.399. The molecule has 1 saturated heterocycles. The molecule has 3 nitrogen and oxygen atoms in total. The third-order valence-corrected chi connectivity index (χ3v) is 2.49. The molecule has 0 N–H and O–H groups in total. The standard InChI is InChI=1S/C11H10O3/c12-6-9-10(7-14-11(9)13)8-4-2-1-3-5-8/h1-6,9-10H,7H2/t9-,10+/m0/s1. The first-order valence-electron chi connectivity index (χ1n) is 4.50. The van der Waals surface area contributed by atoms with Gasteiger partial charge in [-0.15, -0.1) is 0 Å². The van der Waals surface area contributed by atoms with Crippen molar-refractivity contribution in [3.63, 3.8) is 0 Å². The van der Waals surface area contributed by atoms with E-state index < -0.39 is 11.9 Å². The highest BCUT2D eigenvalue weighted by Crippen LogP contribution is 2.30. The summed E-state index contributed by atoms with van der Waals surface area (Å²) in [6.45, 7) is 0.312. The smallest absolute Gasteiger partial charge is 0.316 e. The molecule has 0 saturated carbocycles. The van der Waals surface area contributed by atoms with Gasteiger partial charge in [0.15, 0.2) is 0 Å².